The molecule has 1 fully saturated rings. The van der Waals surface area contributed by atoms with Crippen LogP contribution in [0.5, 0.6) is 5.75 Å². The molecule has 1 aliphatic rings. The molecule has 0 saturated carbocycles. The lowest BCUT2D eigenvalue weighted by Crippen LogP contribution is -2.50. The Kier molecular flexibility index (Phi) is 6.75. The van der Waals surface area contributed by atoms with Gasteiger partial charge in [-0.2, -0.15) is 4.98 Å². The number of carbonyl (C=O) groups is 1. The minimum Gasteiger partial charge on any atom is -0.481 e. The second-order valence-corrected chi connectivity index (χ2v) is 10.8. The molecule has 0 unspecified atom stereocenters. The summed E-state index contributed by atoms with van der Waals surface area (Å²) < 4.78 is 52.0. The predicted molar refractivity (Wildman–Crippen MR) is 132 cm³/mol. The van der Waals surface area contributed by atoms with Gasteiger partial charge in [-0.15, -0.1) is 11.3 Å². The zero-order valence-electron chi connectivity index (χ0n) is 19.0. The number of aromatic nitrogens is 1. The number of hydrogen-bond donors (Lipinski definition) is 0. The fourth-order valence-corrected chi connectivity index (χ4v) is 5.83. The van der Waals surface area contributed by atoms with Gasteiger partial charge >= 0.3 is 0 Å². The number of benzene rings is 2. The van der Waals surface area contributed by atoms with Crippen molar-refractivity contribution >= 4 is 33.0 Å². The van der Waals surface area contributed by atoms with Crippen molar-refractivity contribution in [2.45, 2.75) is 9.92 Å². The van der Waals surface area contributed by atoms with Gasteiger partial charge in [0.25, 0.3) is 5.91 Å². The molecule has 36 heavy (non-hydrogen) atoms. The van der Waals surface area contributed by atoms with Crippen LogP contribution in [-0.2, 0) is 14.6 Å². The van der Waals surface area contributed by atoms with Crippen LogP contribution in [0.3, 0.4) is 0 Å². The minimum atomic E-state index is -3.94. The van der Waals surface area contributed by atoms with Crippen molar-refractivity contribution in [1.29, 1.82) is 0 Å². The first-order valence-electron chi connectivity index (χ1n) is 11.2. The van der Waals surface area contributed by atoms with Crippen LogP contribution >= 0.6 is 11.3 Å². The summed E-state index contributed by atoms with van der Waals surface area (Å²) in [5, 5.41) is 1.71. The molecule has 1 amide bonds. The van der Waals surface area contributed by atoms with Gasteiger partial charge in [-0.3, -0.25) is 4.79 Å². The Hall–Kier alpha value is -3.70. The molecule has 0 aliphatic carbocycles. The highest BCUT2D eigenvalue weighted by atomic mass is 32.2. The van der Waals surface area contributed by atoms with Crippen molar-refractivity contribution in [3.8, 4) is 16.5 Å². The second kappa shape index (κ2) is 10.1. The Balaban J connectivity index is 1.34. The van der Waals surface area contributed by atoms with Gasteiger partial charge in [0.2, 0.25) is 26.6 Å². The summed E-state index contributed by atoms with van der Waals surface area (Å²) in [5.41, 5.74) is 0. The largest absolute Gasteiger partial charge is 0.481 e. The number of anilines is 1. The third-order valence-corrected chi connectivity index (χ3v) is 8.25. The molecular formula is C25H22FN3O5S2. The Morgan fingerprint density at radius 1 is 1.00 bits per heavy atom. The second-order valence-electron chi connectivity index (χ2n) is 8.01. The van der Waals surface area contributed by atoms with Crippen LogP contribution in [0.1, 0.15) is 0 Å². The fourth-order valence-electron chi connectivity index (χ4n) is 3.84. The maximum absolute atomic E-state index is 13.8. The normalized spacial score (nSPS) is 14.1. The van der Waals surface area contributed by atoms with E-state index in [4.69, 9.17) is 9.15 Å². The van der Waals surface area contributed by atoms with Crippen molar-refractivity contribution in [1.82, 2.24) is 9.88 Å². The predicted octanol–water partition coefficient (Wildman–Crippen LogP) is 4.10. The molecule has 0 radical (unpaired) electrons. The number of carbonyl (C=O) groups excluding carboxylic acids is 1. The number of piperazine rings is 1. The maximum Gasteiger partial charge on any atom is 0.260 e. The summed E-state index contributed by atoms with van der Waals surface area (Å²) >= 11 is 1.40. The maximum atomic E-state index is 13.8. The number of hydrogen-bond acceptors (Lipinski definition) is 8. The Morgan fingerprint density at radius 2 is 1.72 bits per heavy atom. The first kappa shape index (κ1) is 24.0. The Morgan fingerprint density at radius 3 is 2.42 bits per heavy atom. The van der Waals surface area contributed by atoms with E-state index in [1.54, 1.807) is 40.1 Å². The number of oxazole rings is 1. The fraction of sp³-hybridized carbons (Fsp3) is 0.200. The smallest absolute Gasteiger partial charge is 0.260 e. The van der Waals surface area contributed by atoms with E-state index in [0.717, 1.165) is 0 Å². The lowest BCUT2D eigenvalue weighted by Gasteiger charge is -2.34. The van der Waals surface area contributed by atoms with E-state index in [0.29, 0.717) is 31.1 Å². The summed E-state index contributed by atoms with van der Waals surface area (Å²) in [6, 6.07) is 17.6. The van der Waals surface area contributed by atoms with Gasteiger partial charge in [0.1, 0.15) is 0 Å². The van der Waals surface area contributed by atoms with E-state index in [2.05, 4.69) is 4.98 Å². The standard InChI is InChI=1S/C25H22FN3O5S2/c26-19-9-4-5-10-20(19)33-17-22(30)28-12-14-29(15-13-28)25-24(27-23(34-25)21-11-6-16-35-21)36(31,32)18-7-2-1-3-8-18/h1-11,16H,12-15,17H2. The third-order valence-electron chi connectivity index (χ3n) is 5.73. The number of thiophene rings is 1. The molecule has 0 bridgehead atoms. The number of ether oxygens (including phenoxy) is 1. The van der Waals surface area contributed by atoms with Crippen molar-refractivity contribution in [3.63, 3.8) is 0 Å². The summed E-state index contributed by atoms with van der Waals surface area (Å²) in [4.78, 5) is 21.2. The SMILES string of the molecule is O=C(COc1ccccc1F)N1CCN(c2oc(-c3cccs3)nc2S(=O)(=O)c2ccccc2)CC1. The molecular weight excluding hydrogens is 505 g/mol. The highest BCUT2D eigenvalue weighted by Gasteiger charge is 2.33. The number of sulfone groups is 1. The van der Waals surface area contributed by atoms with Crippen molar-refractivity contribution in [2.24, 2.45) is 0 Å². The lowest BCUT2D eigenvalue weighted by atomic mass is 10.3. The molecule has 5 rings (SSSR count). The third kappa shape index (κ3) is 4.84. The van der Waals surface area contributed by atoms with Crippen molar-refractivity contribution in [3.05, 3.63) is 77.9 Å². The topological polar surface area (TPSA) is 92.9 Å². The van der Waals surface area contributed by atoms with Crippen molar-refractivity contribution < 1.29 is 26.8 Å². The average molecular weight is 528 g/mol. The van der Waals surface area contributed by atoms with Crippen LogP contribution in [0, 0.1) is 5.82 Å². The van der Waals surface area contributed by atoms with Crippen LogP contribution in [0.2, 0.25) is 0 Å². The highest BCUT2D eigenvalue weighted by Crippen LogP contribution is 2.36. The van der Waals surface area contributed by atoms with Crippen LogP contribution in [-0.4, -0.2) is 57.0 Å². The zero-order chi connectivity index (χ0) is 25.1. The lowest BCUT2D eigenvalue weighted by molar-refractivity contribution is -0.133. The highest BCUT2D eigenvalue weighted by molar-refractivity contribution is 7.91. The van der Waals surface area contributed by atoms with E-state index in [-0.39, 0.29) is 40.0 Å². The van der Waals surface area contributed by atoms with Gasteiger partial charge in [0.05, 0.1) is 9.77 Å². The molecule has 11 heteroatoms. The molecule has 2 aromatic carbocycles. The number of rotatable bonds is 7. The Bertz CT molecular complexity index is 1450. The monoisotopic (exact) mass is 527 g/mol. The van der Waals surface area contributed by atoms with Crippen molar-refractivity contribution in [2.75, 3.05) is 37.7 Å². The molecule has 0 N–H and O–H groups in total. The van der Waals surface area contributed by atoms with Gasteiger partial charge in [0, 0.05) is 26.2 Å². The summed E-state index contributed by atoms with van der Waals surface area (Å²) in [7, 11) is -3.94. The average Bonchev–Trinajstić information content (AvgIpc) is 3.59. The van der Waals surface area contributed by atoms with E-state index >= 15 is 0 Å². The van der Waals surface area contributed by atoms with Crippen LogP contribution in [0.15, 0.2) is 86.4 Å². The van der Waals surface area contributed by atoms with Gasteiger partial charge in [0.15, 0.2) is 18.2 Å². The molecule has 1 aliphatic heterocycles. The van der Waals surface area contributed by atoms with E-state index in [9.17, 15) is 17.6 Å². The molecule has 0 atom stereocenters. The molecule has 186 valence electrons. The Labute approximate surface area is 211 Å². The summed E-state index contributed by atoms with van der Waals surface area (Å²) in [6.45, 7) is 1.02. The molecule has 0 spiro atoms. The van der Waals surface area contributed by atoms with Gasteiger partial charge in [-0.25, -0.2) is 12.8 Å². The van der Waals surface area contributed by atoms with Gasteiger partial charge < -0.3 is 19.0 Å². The molecule has 2 aromatic heterocycles. The molecule has 8 nitrogen and oxygen atoms in total. The molecule has 4 aromatic rings. The summed E-state index contributed by atoms with van der Waals surface area (Å²) in [6.07, 6.45) is 0. The van der Waals surface area contributed by atoms with E-state index < -0.39 is 15.7 Å². The number of nitrogens with zero attached hydrogens (tertiary/aromatic N) is 3. The first-order valence-corrected chi connectivity index (χ1v) is 13.5. The zero-order valence-corrected chi connectivity index (χ0v) is 20.7. The van der Waals surface area contributed by atoms with E-state index in [1.165, 1.54) is 35.6 Å². The first-order chi connectivity index (χ1) is 17.4. The number of halogens is 1. The van der Waals surface area contributed by atoms with Gasteiger partial charge in [-0.05, 0) is 35.7 Å². The quantitative estimate of drug-likeness (QED) is 0.357. The number of amides is 1. The molecule has 3 heterocycles. The minimum absolute atomic E-state index is 0.0167. The molecule has 1 saturated heterocycles. The van der Waals surface area contributed by atoms with Crippen LogP contribution < -0.4 is 9.64 Å². The van der Waals surface area contributed by atoms with E-state index in [1.807, 2.05) is 17.5 Å². The number of para-hydroxylation sites is 1. The van der Waals surface area contributed by atoms with Crippen LogP contribution in [0.4, 0.5) is 10.3 Å². The summed E-state index contributed by atoms with van der Waals surface area (Å²) in [5.74, 6) is -0.424. The van der Waals surface area contributed by atoms with Crippen LogP contribution in [0.25, 0.3) is 10.8 Å². The van der Waals surface area contributed by atoms with Gasteiger partial charge in [-0.1, -0.05) is 36.4 Å².